The molecule has 0 aromatic carbocycles. The van der Waals surface area contributed by atoms with Crippen LogP contribution in [0.2, 0.25) is 0 Å². The van der Waals surface area contributed by atoms with E-state index >= 15 is 0 Å². The van der Waals surface area contributed by atoms with Gasteiger partial charge in [0.25, 0.3) is 0 Å². The van der Waals surface area contributed by atoms with Crippen LogP contribution < -0.4 is 5.32 Å². The Morgan fingerprint density at radius 1 is 1.28 bits per heavy atom. The van der Waals surface area contributed by atoms with Gasteiger partial charge in [-0.25, -0.2) is 0 Å². The smallest absolute Gasteiger partial charge is 0.322 e. The Morgan fingerprint density at radius 2 is 1.94 bits per heavy atom. The number of nitrogens with zero attached hydrogens (tertiary/aromatic N) is 1. The van der Waals surface area contributed by atoms with Crippen LogP contribution in [-0.4, -0.2) is 50.2 Å². The Balaban J connectivity index is 4.11. The van der Waals surface area contributed by atoms with Crippen molar-refractivity contribution in [1.82, 2.24) is 10.2 Å². The zero-order valence-electron chi connectivity index (χ0n) is 12.7. The first-order valence-electron chi connectivity index (χ1n) is 7.05. The first kappa shape index (κ1) is 17.4. The lowest BCUT2D eigenvalue weighted by Gasteiger charge is -2.27. The maximum absolute atomic E-state index is 11.5. The summed E-state index contributed by atoms with van der Waals surface area (Å²) < 4.78 is 4.77. The van der Waals surface area contributed by atoms with Crippen molar-refractivity contribution in [2.24, 2.45) is 0 Å². The van der Waals surface area contributed by atoms with Gasteiger partial charge in [0, 0.05) is 12.6 Å². The van der Waals surface area contributed by atoms with Crippen LogP contribution in [-0.2, 0) is 9.53 Å². The van der Waals surface area contributed by atoms with Crippen LogP contribution in [0.4, 0.5) is 0 Å². The number of esters is 1. The molecule has 0 aromatic rings. The predicted molar refractivity (Wildman–Crippen MR) is 75.7 cm³/mol. The molecule has 0 aliphatic rings. The van der Waals surface area contributed by atoms with Crippen molar-refractivity contribution in [3.05, 3.63) is 0 Å². The minimum Gasteiger partial charge on any atom is -0.468 e. The number of hydrogen-bond donors (Lipinski definition) is 1. The maximum atomic E-state index is 11.5. The third kappa shape index (κ3) is 6.97. The highest BCUT2D eigenvalue weighted by atomic mass is 16.5. The fourth-order valence-electron chi connectivity index (χ4n) is 2.01. The van der Waals surface area contributed by atoms with Crippen LogP contribution >= 0.6 is 0 Å². The molecule has 1 N–H and O–H groups in total. The number of rotatable bonds is 10. The Labute approximate surface area is 112 Å². The van der Waals surface area contributed by atoms with Gasteiger partial charge in [-0.2, -0.15) is 0 Å². The minimum atomic E-state index is -0.192. The second-order valence-corrected chi connectivity index (χ2v) is 4.99. The van der Waals surface area contributed by atoms with Crippen molar-refractivity contribution in [2.75, 3.05) is 27.2 Å². The molecule has 0 saturated heterocycles. The summed E-state index contributed by atoms with van der Waals surface area (Å²) in [6.45, 7) is 8.68. The van der Waals surface area contributed by atoms with Crippen LogP contribution in [0.1, 0.15) is 46.5 Å². The van der Waals surface area contributed by atoms with E-state index in [1.807, 2.05) is 0 Å². The summed E-state index contributed by atoms with van der Waals surface area (Å²) in [4.78, 5) is 13.9. The highest BCUT2D eigenvalue weighted by molar-refractivity contribution is 5.75. The van der Waals surface area contributed by atoms with E-state index in [2.05, 4.69) is 31.0 Å². The Kier molecular flexibility index (Phi) is 9.98. The van der Waals surface area contributed by atoms with Crippen LogP contribution in [0.3, 0.4) is 0 Å². The summed E-state index contributed by atoms with van der Waals surface area (Å²) in [7, 11) is 3.24. The number of hydrogen-bond acceptors (Lipinski definition) is 4. The van der Waals surface area contributed by atoms with E-state index in [1.165, 1.54) is 26.4 Å². The first-order chi connectivity index (χ1) is 8.56. The molecule has 0 spiro atoms. The molecule has 0 aliphatic carbocycles. The molecule has 0 saturated carbocycles. The number of ether oxygens (including phenoxy) is 1. The Hall–Kier alpha value is -0.610. The highest BCUT2D eigenvalue weighted by Crippen LogP contribution is 2.06. The zero-order chi connectivity index (χ0) is 14.0. The summed E-state index contributed by atoms with van der Waals surface area (Å²) in [5.41, 5.74) is 0. The average molecular weight is 258 g/mol. The van der Waals surface area contributed by atoms with Gasteiger partial charge in [0.05, 0.1) is 7.11 Å². The van der Waals surface area contributed by atoms with Crippen molar-refractivity contribution in [1.29, 1.82) is 0 Å². The molecule has 0 amide bonds. The van der Waals surface area contributed by atoms with Gasteiger partial charge in [0.1, 0.15) is 6.04 Å². The van der Waals surface area contributed by atoms with E-state index in [1.54, 1.807) is 7.05 Å². The monoisotopic (exact) mass is 258 g/mol. The molecule has 0 heterocycles. The lowest BCUT2D eigenvalue weighted by molar-refractivity contribution is -0.143. The molecule has 0 rings (SSSR count). The molecular weight excluding hydrogens is 228 g/mol. The normalized spacial score (nSPS) is 13.1. The first-order valence-corrected chi connectivity index (χ1v) is 7.05. The number of carbonyl (C=O) groups excluding carboxylic acids is 1. The molecule has 1 atom stereocenters. The summed E-state index contributed by atoms with van der Waals surface area (Å²) >= 11 is 0. The molecule has 18 heavy (non-hydrogen) atoms. The summed E-state index contributed by atoms with van der Waals surface area (Å²) in [6.07, 6.45) is 4.55. The summed E-state index contributed by atoms with van der Waals surface area (Å²) in [5.74, 6) is -0.172. The van der Waals surface area contributed by atoms with Gasteiger partial charge < -0.3 is 15.0 Å². The SMILES string of the molecule is CCCCCN(CCC(NC)C(=O)OC)C(C)C. The van der Waals surface area contributed by atoms with Gasteiger partial charge in [0.2, 0.25) is 0 Å². The van der Waals surface area contributed by atoms with Gasteiger partial charge in [-0.15, -0.1) is 0 Å². The van der Waals surface area contributed by atoms with Crippen molar-refractivity contribution < 1.29 is 9.53 Å². The van der Waals surface area contributed by atoms with Crippen molar-refractivity contribution in [2.45, 2.75) is 58.5 Å². The molecule has 108 valence electrons. The summed E-state index contributed by atoms with van der Waals surface area (Å²) in [6, 6.07) is 0.333. The van der Waals surface area contributed by atoms with Crippen LogP contribution in [0.15, 0.2) is 0 Å². The third-order valence-electron chi connectivity index (χ3n) is 3.32. The van der Waals surface area contributed by atoms with Crippen LogP contribution in [0, 0.1) is 0 Å². The van der Waals surface area contributed by atoms with E-state index in [0.717, 1.165) is 19.5 Å². The lowest BCUT2D eigenvalue weighted by Crippen LogP contribution is -2.40. The van der Waals surface area contributed by atoms with Gasteiger partial charge in [-0.3, -0.25) is 4.79 Å². The number of carbonyl (C=O) groups is 1. The second kappa shape index (κ2) is 10.3. The standard InChI is InChI=1S/C14H30N2O2/c1-6-7-8-10-16(12(2)3)11-9-13(15-4)14(17)18-5/h12-13,15H,6-11H2,1-5H3. The van der Waals surface area contributed by atoms with E-state index in [-0.39, 0.29) is 12.0 Å². The molecule has 0 aromatic heterocycles. The summed E-state index contributed by atoms with van der Waals surface area (Å²) in [5, 5.41) is 3.01. The van der Waals surface area contributed by atoms with E-state index in [4.69, 9.17) is 4.74 Å². The van der Waals surface area contributed by atoms with E-state index in [9.17, 15) is 4.79 Å². The van der Waals surface area contributed by atoms with Crippen LogP contribution in [0.25, 0.3) is 0 Å². The number of likely N-dealkylation sites (N-methyl/N-ethyl adjacent to an activating group) is 1. The molecule has 4 heteroatoms. The number of unbranched alkanes of at least 4 members (excludes halogenated alkanes) is 2. The molecule has 1 unspecified atom stereocenters. The van der Waals surface area contributed by atoms with Crippen molar-refractivity contribution in [3.63, 3.8) is 0 Å². The quantitative estimate of drug-likeness (QED) is 0.481. The van der Waals surface area contributed by atoms with Gasteiger partial charge in [-0.05, 0) is 40.3 Å². The van der Waals surface area contributed by atoms with Crippen molar-refractivity contribution >= 4 is 5.97 Å². The topological polar surface area (TPSA) is 41.6 Å². The van der Waals surface area contributed by atoms with E-state index in [0.29, 0.717) is 6.04 Å². The van der Waals surface area contributed by atoms with Gasteiger partial charge in [0.15, 0.2) is 0 Å². The second-order valence-electron chi connectivity index (χ2n) is 4.99. The van der Waals surface area contributed by atoms with E-state index < -0.39 is 0 Å². The predicted octanol–water partition coefficient (Wildman–Crippen LogP) is 2.04. The number of nitrogens with one attached hydrogen (secondary N) is 1. The average Bonchev–Trinajstić information content (AvgIpc) is 2.36. The maximum Gasteiger partial charge on any atom is 0.322 e. The highest BCUT2D eigenvalue weighted by Gasteiger charge is 2.18. The molecule has 0 fully saturated rings. The largest absolute Gasteiger partial charge is 0.468 e. The third-order valence-corrected chi connectivity index (χ3v) is 3.32. The number of methoxy groups -OCH3 is 1. The molecule has 0 aliphatic heterocycles. The fraction of sp³-hybridized carbons (Fsp3) is 0.929. The molecular formula is C14H30N2O2. The minimum absolute atomic E-state index is 0.172. The lowest BCUT2D eigenvalue weighted by atomic mass is 10.1. The molecule has 0 radical (unpaired) electrons. The molecule has 0 bridgehead atoms. The van der Waals surface area contributed by atoms with Gasteiger partial charge in [-0.1, -0.05) is 19.8 Å². The zero-order valence-corrected chi connectivity index (χ0v) is 12.7. The Bertz CT molecular complexity index is 220. The van der Waals surface area contributed by atoms with Crippen LogP contribution in [0.5, 0.6) is 0 Å². The Morgan fingerprint density at radius 3 is 2.39 bits per heavy atom. The fourth-order valence-corrected chi connectivity index (χ4v) is 2.01. The van der Waals surface area contributed by atoms with Gasteiger partial charge >= 0.3 is 5.97 Å². The molecule has 4 nitrogen and oxygen atoms in total. The van der Waals surface area contributed by atoms with Crippen molar-refractivity contribution in [3.8, 4) is 0 Å².